The summed E-state index contributed by atoms with van der Waals surface area (Å²) < 4.78 is 50.1. The molecule has 2 aliphatic rings. The van der Waals surface area contributed by atoms with Crippen molar-refractivity contribution in [2.24, 2.45) is 5.92 Å². The Labute approximate surface area is 230 Å². The topological polar surface area (TPSA) is 120 Å². The molecule has 0 unspecified atom stereocenters. The molecule has 4 aromatic rings. The lowest BCUT2D eigenvalue weighted by Gasteiger charge is -2.37. The molecular formula is C28H26FN5O5S. The van der Waals surface area contributed by atoms with E-state index in [2.05, 4.69) is 26.9 Å². The number of halogens is 1. The number of furan rings is 1. The first-order valence-corrected chi connectivity index (χ1v) is 14.6. The number of amides is 1. The van der Waals surface area contributed by atoms with Gasteiger partial charge in [-0.2, -0.15) is 5.10 Å². The second-order valence-corrected chi connectivity index (χ2v) is 13.2. The molecule has 1 amide bonds. The van der Waals surface area contributed by atoms with Crippen molar-refractivity contribution in [3.05, 3.63) is 54.4 Å². The molecule has 0 bridgehead atoms. The molecule has 2 aliphatic heterocycles. The zero-order valence-electron chi connectivity index (χ0n) is 22.1. The Morgan fingerprint density at radius 2 is 1.85 bits per heavy atom. The highest BCUT2D eigenvalue weighted by atomic mass is 32.2. The third-order valence-corrected chi connectivity index (χ3v) is 8.42. The third-order valence-electron chi connectivity index (χ3n) is 6.63. The molecule has 6 rings (SSSR count). The Kier molecular flexibility index (Phi) is 6.14. The van der Waals surface area contributed by atoms with Crippen LogP contribution in [-0.4, -0.2) is 69.4 Å². The Bertz CT molecular complexity index is 1780. The molecule has 2 saturated heterocycles. The normalized spacial score (nSPS) is 17.1. The Morgan fingerprint density at radius 3 is 2.52 bits per heavy atom. The summed E-state index contributed by atoms with van der Waals surface area (Å²) in [5.41, 5.74) is 2.15. The van der Waals surface area contributed by atoms with Gasteiger partial charge in [0.25, 0.3) is 0 Å². The van der Waals surface area contributed by atoms with Crippen molar-refractivity contribution in [2.75, 3.05) is 24.6 Å². The van der Waals surface area contributed by atoms with Crippen molar-refractivity contribution in [2.45, 2.75) is 32.4 Å². The molecule has 1 aromatic carbocycles. The number of benzene rings is 1. The second kappa shape index (κ2) is 9.45. The Balaban J connectivity index is 1.29. The minimum absolute atomic E-state index is 0.00616. The zero-order valence-corrected chi connectivity index (χ0v) is 22.9. The maximum Gasteiger partial charge on any atom is 0.410 e. The van der Waals surface area contributed by atoms with Crippen LogP contribution in [0, 0.1) is 23.6 Å². The number of sulfone groups is 1. The molecule has 0 saturated carbocycles. The molecule has 0 radical (unpaired) electrons. The number of aromatic nitrogens is 4. The van der Waals surface area contributed by atoms with E-state index in [0.29, 0.717) is 52.5 Å². The first-order valence-electron chi connectivity index (χ1n) is 12.7. The maximum atomic E-state index is 13.6. The van der Waals surface area contributed by atoms with E-state index < -0.39 is 15.4 Å². The summed E-state index contributed by atoms with van der Waals surface area (Å²) in [7, 11) is -3.07. The number of rotatable bonds is 3. The SMILES string of the molecule is CC(C)(C)OC(=O)N1CC(C#Cc2cc3c(-c4cn(C5CS(=O)(=O)C5)nc4-c4ccc(F)cc4)ncnc3o2)C1. The number of likely N-dealkylation sites (tertiary alicyclic amines) is 1. The van der Waals surface area contributed by atoms with E-state index in [1.807, 2.05) is 20.8 Å². The number of ether oxygens (including phenoxy) is 1. The van der Waals surface area contributed by atoms with Gasteiger partial charge in [0, 0.05) is 36.5 Å². The van der Waals surface area contributed by atoms with Gasteiger partial charge in [-0.1, -0.05) is 5.92 Å². The molecule has 206 valence electrons. The second-order valence-electron chi connectivity index (χ2n) is 11.0. The van der Waals surface area contributed by atoms with E-state index >= 15 is 0 Å². The van der Waals surface area contributed by atoms with E-state index in [1.165, 1.54) is 18.5 Å². The zero-order chi connectivity index (χ0) is 28.2. The maximum absolute atomic E-state index is 13.6. The lowest BCUT2D eigenvalue weighted by Crippen LogP contribution is -2.51. The summed E-state index contributed by atoms with van der Waals surface area (Å²) in [5, 5.41) is 5.29. The van der Waals surface area contributed by atoms with Gasteiger partial charge in [-0.05, 0) is 51.0 Å². The highest BCUT2D eigenvalue weighted by molar-refractivity contribution is 7.92. The third kappa shape index (κ3) is 5.16. The summed E-state index contributed by atoms with van der Waals surface area (Å²) in [6, 6.07) is 7.39. The van der Waals surface area contributed by atoms with Crippen LogP contribution in [-0.2, 0) is 14.6 Å². The summed E-state index contributed by atoms with van der Waals surface area (Å²) in [4.78, 5) is 22.5. The van der Waals surface area contributed by atoms with Gasteiger partial charge >= 0.3 is 6.09 Å². The van der Waals surface area contributed by atoms with Crippen molar-refractivity contribution in [3.63, 3.8) is 0 Å². The minimum Gasteiger partial charge on any atom is -0.444 e. The van der Waals surface area contributed by atoms with Crippen LogP contribution in [0.15, 0.2) is 47.3 Å². The summed E-state index contributed by atoms with van der Waals surface area (Å²) in [5.74, 6) is 6.20. The number of hydrogen-bond acceptors (Lipinski definition) is 8. The van der Waals surface area contributed by atoms with Gasteiger partial charge in [-0.3, -0.25) is 4.68 Å². The molecule has 3 aromatic heterocycles. The van der Waals surface area contributed by atoms with Crippen LogP contribution in [0.25, 0.3) is 33.6 Å². The van der Waals surface area contributed by atoms with Crippen molar-refractivity contribution in [1.29, 1.82) is 0 Å². The fourth-order valence-corrected chi connectivity index (χ4v) is 5.99. The smallest absolute Gasteiger partial charge is 0.410 e. The largest absolute Gasteiger partial charge is 0.444 e. The van der Waals surface area contributed by atoms with E-state index in [9.17, 15) is 17.6 Å². The summed E-state index contributed by atoms with van der Waals surface area (Å²) in [6.45, 7) is 6.43. The van der Waals surface area contributed by atoms with E-state index in [4.69, 9.17) is 9.15 Å². The van der Waals surface area contributed by atoms with Gasteiger partial charge in [-0.25, -0.2) is 27.6 Å². The summed E-state index contributed by atoms with van der Waals surface area (Å²) >= 11 is 0. The first-order chi connectivity index (χ1) is 18.9. The van der Waals surface area contributed by atoms with Crippen molar-refractivity contribution in [1.82, 2.24) is 24.6 Å². The quantitative estimate of drug-likeness (QED) is 0.342. The van der Waals surface area contributed by atoms with Crippen LogP contribution in [0.5, 0.6) is 0 Å². The van der Waals surface area contributed by atoms with Gasteiger partial charge < -0.3 is 14.1 Å². The molecule has 0 atom stereocenters. The Morgan fingerprint density at radius 1 is 1.12 bits per heavy atom. The number of carbonyl (C=O) groups is 1. The van der Waals surface area contributed by atoms with E-state index in [1.54, 1.807) is 34.0 Å². The first kappa shape index (κ1) is 26.0. The van der Waals surface area contributed by atoms with Gasteiger partial charge in [0.2, 0.25) is 5.71 Å². The Hall–Kier alpha value is -4.24. The van der Waals surface area contributed by atoms with Crippen LogP contribution >= 0.6 is 0 Å². The van der Waals surface area contributed by atoms with Crippen molar-refractivity contribution >= 4 is 27.0 Å². The van der Waals surface area contributed by atoms with Crippen molar-refractivity contribution in [3.8, 4) is 34.4 Å². The van der Waals surface area contributed by atoms with Crippen LogP contribution < -0.4 is 0 Å². The fraction of sp³-hybridized carbons (Fsp3) is 0.357. The van der Waals surface area contributed by atoms with E-state index in [-0.39, 0.29) is 35.4 Å². The number of carbonyl (C=O) groups excluding carboxylic acids is 1. The van der Waals surface area contributed by atoms with E-state index in [0.717, 1.165) is 0 Å². The lowest BCUT2D eigenvalue weighted by atomic mass is 10.0. The predicted molar refractivity (Wildman–Crippen MR) is 144 cm³/mol. The molecule has 2 fully saturated rings. The van der Waals surface area contributed by atoms with Gasteiger partial charge in [0.1, 0.15) is 23.4 Å². The molecule has 10 nitrogen and oxygen atoms in total. The van der Waals surface area contributed by atoms with Crippen LogP contribution in [0.1, 0.15) is 32.6 Å². The van der Waals surface area contributed by atoms with Crippen molar-refractivity contribution < 1.29 is 26.8 Å². The average molecular weight is 564 g/mol. The van der Waals surface area contributed by atoms with Gasteiger partial charge in [-0.15, -0.1) is 0 Å². The predicted octanol–water partition coefficient (Wildman–Crippen LogP) is 4.08. The molecule has 0 N–H and O–H groups in total. The van der Waals surface area contributed by atoms with Crippen LogP contribution in [0.4, 0.5) is 9.18 Å². The fourth-order valence-electron chi connectivity index (χ4n) is 4.61. The molecule has 0 spiro atoms. The number of fused-ring (bicyclic) bond motifs is 1. The summed E-state index contributed by atoms with van der Waals surface area (Å²) in [6.07, 6.45) is 2.78. The molecule has 0 aliphatic carbocycles. The monoisotopic (exact) mass is 563 g/mol. The number of nitrogens with zero attached hydrogens (tertiary/aromatic N) is 5. The van der Waals surface area contributed by atoms with Gasteiger partial charge in [0.15, 0.2) is 15.6 Å². The minimum atomic E-state index is -3.07. The van der Waals surface area contributed by atoms with Crippen LogP contribution in [0.3, 0.4) is 0 Å². The molecule has 5 heterocycles. The molecule has 12 heteroatoms. The molecular weight excluding hydrogens is 537 g/mol. The molecule has 40 heavy (non-hydrogen) atoms. The van der Waals surface area contributed by atoms with Crippen LogP contribution in [0.2, 0.25) is 0 Å². The standard InChI is InChI=1S/C28H26FN5O5S/c1-28(2,3)39-27(35)33-11-17(12-33)4-9-21-10-22-25(30-16-31-26(22)38-21)23-13-34(20-14-40(36,37)15-20)32-24(23)18-5-7-19(29)8-6-18/h5-8,10,13,16-17,20H,11-12,14-15H2,1-3H3. The average Bonchev–Trinajstić information content (AvgIpc) is 3.45. The lowest BCUT2D eigenvalue weighted by molar-refractivity contribution is 0.00591. The number of hydrogen-bond donors (Lipinski definition) is 0. The highest BCUT2D eigenvalue weighted by Crippen LogP contribution is 2.36. The van der Waals surface area contributed by atoms with Gasteiger partial charge in [0.05, 0.1) is 34.5 Å². The highest BCUT2D eigenvalue weighted by Gasteiger charge is 2.36.